The first-order chi connectivity index (χ1) is 9.09. The largest absolute Gasteiger partial charge is 0.356 e. The average Bonchev–Trinajstić information content (AvgIpc) is 2.78. The first kappa shape index (κ1) is 12.7. The molecule has 1 saturated heterocycles. The fourth-order valence-corrected chi connectivity index (χ4v) is 3.03. The molecule has 0 radical (unpaired) electrons. The number of para-hydroxylation sites is 1. The van der Waals surface area contributed by atoms with Crippen molar-refractivity contribution < 1.29 is 0 Å². The quantitative estimate of drug-likeness (QED) is 0.763. The highest BCUT2D eigenvalue weighted by Gasteiger charge is 2.30. The van der Waals surface area contributed by atoms with Crippen LogP contribution in [0.1, 0.15) is 25.8 Å². The minimum absolute atomic E-state index is 0.383. The van der Waals surface area contributed by atoms with Gasteiger partial charge in [-0.05, 0) is 29.5 Å². The second-order valence-corrected chi connectivity index (χ2v) is 6.39. The minimum Gasteiger partial charge on any atom is -0.356 e. The maximum atomic E-state index is 6.09. The van der Waals surface area contributed by atoms with Crippen molar-refractivity contribution >= 4 is 28.3 Å². The smallest absolute Gasteiger partial charge is 0.129 e. The lowest BCUT2D eigenvalue weighted by Gasteiger charge is -2.21. The molecule has 1 aromatic carbocycles. The van der Waals surface area contributed by atoms with E-state index in [2.05, 4.69) is 36.9 Å². The van der Waals surface area contributed by atoms with Crippen molar-refractivity contribution in [3.8, 4) is 0 Å². The van der Waals surface area contributed by atoms with E-state index in [-0.39, 0.29) is 0 Å². The molecule has 0 N–H and O–H groups in total. The Balaban J connectivity index is 2.05. The van der Waals surface area contributed by atoms with Crippen LogP contribution in [0.2, 0.25) is 0 Å². The summed E-state index contributed by atoms with van der Waals surface area (Å²) in [7, 11) is 0. The number of hydrogen-bond donors (Lipinski definition) is 0. The summed E-state index contributed by atoms with van der Waals surface area (Å²) in [6.07, 6.45) is 1.22. The lowest BCUT2D eigenvalue weighted by atomic mass is 9.93. The Morgan fingerprint density at radius 2 is 2.11 bits per heavy atom. The van der Waals surface area contributed by atoms with E-state index in [1.165, 1.54) is 17.4 Å². The zero-order valence-corrected chi connectivity index (χ0v) is 12.2. The molecular formula is C16H19ClN2. The van der Waals surface area contributed by atoms with E-state index in [4.69, 9.17) is 16.6 Å². The van der Waals surface area contributed by atoms with Crippen LogP contribution in [-0.4, -0.2) is 18.1 Å². The fourth-order valence-electron chi connectivity index (χ4n) is 2.81. The Hall–Kier alpha value is -1.28. The standard InChI is InChI=1S/C16H19ClN2/c1-16(2)7-8-19(11-16)15-9-12(10-17)13-5-3-4-6-14(13)18-15/h3-6,9H,7-8,10-11H2,1-2H3. The molecule has 0 spiro atoms. The van der Waals surface area contributed by atoms with Gasteiger partial charge in [-0.15, -0.1) is 11.6 Å². The molecule has 100 valence electrons. The molecule has 0 aliphatic carbocycles. The number of rotatable bonds is 2. The Morgan fingerprint density at radius 3 is 2.79 bits per heavy atom. The molecule has 1 aromatic heterocycles. The second-order valence-electron chi connectivity index (χ2n) is 6.13. The van der Waals surface area contributed by atoms with Crippen molar-refractivity contribution in [2.24, 2.45) is 5.41 Å². The van der Waals surface area contributed by atoms with Crippen LogP contribution < -0.4 is 4.90 Å². The van der Waals surface area contributed by atoms with Gasteiger partial charge in [-0.25, -0.2) is 4.98 Å². The molecule has 2 heterocycles. The fraction of sp³-hybridized carbons (Fsp3) is 0.438. The predicted molar refractivity (Wildman–Crippen MR) is 81.9 cm³/mol. The molecule has 2 nitrogen and oxygen atoms in total. The molecule has 1 aliphatic rings. The number of pyridine rings is 1. The van der Waals surface area contributed by atoms with E-state index in [1.54, 1.807) is 0 Å². The third-order valence-corrected chi connectivity index (χ3v) is 4.22. The summed E-state index contributed by atoms with van der Waals surface area (Å²) in [4.78, 5) is 7.18. The SMILES string of the molecule is CC1(C)CCN(c2cc(CCl)c3ccccc3n2)C1. The van der Waals surface area contributed by atoms with Crippen molar-refractivity contribution in [3.63, 3.8) is 0 Å². The van der Waals surface area contributed by atoms with E-state index >= 15 is 0 Å². The van der Waals surface area contributed by atoms with Crippen LogP contribution in [-0.2, 0) is 5.88 Å². The van der Waals surface area contributed by atoms with Crippen LogP contribution in [0.5, 0.6) is 0 Å². The van der Waals surface area contributed by atoms with Gasteiger partial charge in [0.2, 0.25) is 0 Å². The Labute approximate surface area is 119 Å². The van der Waals surface area contributed by atoms with Gasteiger partial charge >= 0.3 is 0 Å². The van der Waals surface area contributed by atoms with E-state index in [9.17, 15) is 0 Å². The molecule has 1 aliphatic heterocycles. The molecule has 3 rings (SSSR count). The Kier molecular flexibility index (Phi) is 3.14. The van der Waals surface area contributed by atoms with Crippen molar-refractivity contribution in [2.75, 3.05) is 18.0 Å². The molecule has 0 unspecified atom stereocenters. The maximum absolute atomic E-state index is 6.09. The summed E-state index contributed by atoms with van der Waals surface area (Å²) < 4.78 is 0. The summed E-state index contributed by atoms with van der Waals surface area (Å²) in [6, 6.07) is 10.4. The molecule has 2 aromatic rings. The van der Waals surface area contributed by atoms with Gasteiger partial charge in [-0.3, -0.25) is 0 Å². The first-order valence-electron chi connectivity index (χ1n) is 6.79. The van der Waals surface area contributed by atoms with E-state index in [0.29, 0.717) is 11.3 Å². The summed E-state index contributed by atoms with van der Waals surface area (Å²) in [5.41, 5.74) is 2.60. The molecule has 0 saturated carbocycles. The highest BCUT2D eigenvalue weighted by molar-refractivity contribution is 6.18. The Morgan fingerprint density at radius 1 is 1.32 bits per heavy atom. The number of halogens is 1. The van der Waals surface area contributed by atoms with Crippen molar-refractivity contribution in [1.29, 1.82) is 0 Å². The van der Waals surface area contributed by atoms with Crippen LogP contribution in [0.15, 0.2) is 30.3 Å². The van der Waals surface area contributed by atoms with Crippen molar-refractivity contribution in [1.82, 2.24) is 4.98 Å². The van der Waals surface area contributed by atoms with Crippen molar-refractivity contribution in [2.45, 2.75) is 26.1 Å². The van der Waals surface area contributed by atoms with Crippen LogP contribution in [0, 0.1) is 5.41 Å². The monoisotopic (exact) mass is 274 g/mol. The second kappa shape index (κ2) is 4.68. The van der Waals surface area contributed by atoms with Gasteiger partial charge in [0.15, 0.2) is 0 Å². The number of benzene rings is 1. The van der Waals surface area contributed by atoms with E-state index < -0.39 is 0 Å². The first-order valence-corrected chi connectivity index (χ1v) is 7.32. The van der Waals surface area contributed by atoms with Crippen LogP contribution in [0.3, 0.4) is 0 Å². The number of nitrogens with zero attached hydrogens (tertiary/aromatic N) is 2. The average molecular weight is 275 g/mol. The molecule has 0 bridgehead atoms. The third kappa shape index (κ3) is 2.42. The molecule has 0 amide bonds. The van der Waals surface area contributed by atoms with Gasteiger partial charge in [0.05, 0.1) is 5.52 Å². The third-order valence-electron chi connectivity index (χ3n) is 3.93. The van der Waals surface area contributed by atoms with Gasteiger partial charge in [0.25, 0.3) is 0 Å². The lowest BCUT2D eigenvalue weighted by molar-refractivity contribution is 0.418. The molecule has 1 fully saturated rings. The van der Waals surface area contributed by atoms with Crippen LogP contribution in [0.25, 0.3) is 10.9 Å². The van der Waals surface area contributed by atoms with Crippen LogP contribution in [0.4, 0.5) is 5.82 Å². The molecule has 3 heteroatoms. The number of aromatic nitrogens is 1. The number of alkyl halides is 1. The van der Waals surface area contributed by atoms with E-state index in [0.717, 1.165) is 24.4 Å². The zero-order valence-electron chi connectivity index (χ0n) is 11.5. The van der Waals surface area contributed by atoms with Gasteiger partial charge < -0.3 is 4.90 Å². The van der Waals surface area contributed by atoms with Crippen LogP contribution >= 0.6 is 11.6 Å². The topological polar surface area (TPSA) is 16.1 Å². The molecule has 0 atom stereocenters. The predicted octanol–water partition coefficient (Wildman–Crippen LogP) is 4.21. The number of anilines is 1. The Bertz CT molecular complexity index is 607. The van der Waals surface area contributed by atoms with Gasteiger partial charge in [-0.2, -0.15) is 0 Å². The number of fused-ring (bicyclic) bond motifs is 1. The highest BCUT2D eigenvalue weighted by Crippen LogP contribution is 2.33. The summed E-state index contributed by atoms with van der Waals surface area (Å²) in [6.45, 7) is 6.78. The normalized spacial score (nSPS) is 18.2. The minimum atomic E-state index is 0.383. The summed E-state index contributed by atoms with van der Waals surface area (Å²) in [5.74, 6) is 1.60. The molecular weight excluding hydrogens is 256 g/mol. The van der Waals surface area contributed by atoms with Gasteiger partial charge in [-0.1, -0.05) is 32.0 Å². The summed E-state index contributed by atoms with van der Waals surface area (Å²) >= 11 is 6.09. The highest BCUT2D eigenvalue weighted by atomic mass is 35.5. The van der Waals surface area contributed by atoms with Gasteiger partial charge in [0, 0.05) is 24.4 Å². The maximum Gasteiger partial charge on any atom is 0.129 e. The zero-order chi connectivity index (χ0) is 13.5. The lowest BCUT2D eigenvalue weighted by Crippen LogP contribution is -2.23. The van der Waals surface area contributed by atoms with E-state index in [1.807, 2.05) is 12.1 Å². The van der Waals surface area contributed by atoms with Gasteiger partial charge in [0.1, 0.15) is 5.82 Å². The van der Waals surface area contributed by atoms with Crippen molar-refractivity contribution in [3.05, 3.63) is 35.9 Å². The summed E-state index contributed by atoms with van der Waals surface area (Å²) in [5, 5.41) is 1.17. The molecule has 19 heavy (non-hydrogen) atoms. The number of hydrogen-bond acceptors (Lipinski definition) is 2.